The molecule has 0 bridgehead atoms. The lowest BCUT2D eigenvalue weighted by atomic mass is 10.1. The van der Waals surface area contributed by atoms with E-state index in [4.69, 9.17) is 14.2 Å². The summed E-state index contributed by atoms with van der Waals surface area (Å²) in [6, 6.07) is 14.0. The number of carbonyl (C=O) groups is 1. The van der Waals surface area contributed by atoms with Gasteiger partial charge in [0.1, 0.15) is 12.1 Å². The molecule has 2 aromatic carbocycles. The van der Waals surface area contributed by atoms with Crippen LogP contribution in [0.3, 0.4) is 0 Å². The molecule has 1 aromatic heterocycles. The van der Waals surface area contributed by atoms with Crippen LogP contribution in [0.4, 0.5) is 5.82 Å². The van der Waals surface area contributed by atoms with E-state index in [-0.39, 0.29) is 5.97 Å². The molecule has 0 saturated carbocycles. The molecular weight excluding hydrogens is 406 g/mol. The van der Waals surface area contributed by atoms with Crippen LogP contribution in [-0.4, -0.2) is 36.3 Å². The van der Waals surface area contributed by atoms with Crippen molar-refractivity contribution < 1.29 is 19.0 Å². The van der Waals surface area contributed by atoms with Crippen LogP contribution in [-0.2, 0) is 16.1 Å². The molecule has 7 heteroatoms. The Morgan fingerprint density at radius 3 is 2.59 bits per heavy atom. The van der Waals surface area contributed by atoms with Gasteiger partial charge in [0.25, 0.3) is 0 Å². The fourth-order valence-corrected chi connectivity index (χ4v) is 3.40. The van der Waals surface area contributed by atoms with Crippen LogP contribution in [0.25, 0.3) is 10.9 Å². The third-order valence-electron chi connectivity index (χ3n) is 5.06. The minimum atomic E-state index is -0.122. The minimum absolute atomic E-state index is 0.122. The second-order valence-corrected chi connectivity index (χ2v) is 7.40. The fraction of sp³-hybridized carbons (Fsp3) is 0.400. The van der Waals surface area contributed by atoms with Gasteiger partial charge in [-0.1, -0.05) is 43.2 Å². The number of rotatable bonds is 13. The number of hydrogen-bond acceptors (Lipinski definition) is 7. The number of benzene rings is 2. The summed E-state index contributed by atoms with van der Waals surface area (Å²) in [7, 11) is 1.62. The molecule has 1 heterocycles. The predicted octanol–water partition coefficient (Wildman–Crippen LogP) is 5.14. The van der Waals surface area contributed by atoms with Crippen molar-refractivity contribution >= 4 is 22.7 Å². The lowest BCUT2D eigenvalue weighted by molar-refractivity contribution is -0.143. The van der Waals surface area contributed by atoms with E-state index in [1.54, 1.807) is 13.4 Å². The molecule has 0 unspecified atom stereocenters. The van der Waals surface area contributed by atoms with Crippen molar-refractivity contribution in [3.05, 3.63) is 54.4 Å². The van der Waals surface area contributed by atoms with Crippen LogP contribution in [0.15, 0.2) is 48.8 Å². The molecular formula is C25H31N3O4. The minimum Gasteiger partial charge on any atom is -0.493 e. The average molecular weight is 438 g/mol. The van der Waals surface area contributed by atoms with E-state index in [9.17, 15) is 4.79 Å². The lowest BCUT2D eigenvalue weighted by Crippen LogP contribution is -2.04. The number of aromatic nitrogens is 2. The van der Waals surface area contributed by atoms with Crippen molar-refractivity contribution in [2.24, 2.45) is 0 Å². The van der Waals surface area contributed by atoms with Gasteiger partial charge in [-0.3, -0.25) is 4.79 Å². The van der Waals surface area contributed by atoms with Gasteiger partial charge in [0.15, 0.2) is 11.5 Å². The maximum Gasteiger partial charge on any atom is 0.305 e. The van der Waals surface area contributed by atoms with E-state index < -0.39 is 0 Å². The maximum atomic E-state index is 11.4. The normalized spacial score (nSPS) is 10.7. The molecule has 1 N–H and O–H groups in total. The highest BCUT2D eigenvalue weighted by molar-refractivity contribution is 5.91. The Morgan fingerprint density at radius 1 is 1.00 bits per heavy atom. The molecule has 0 radical (unpaired) electrons. The number of esters is 1. The van der Waals surface area contributed by atoms with Gasteiger partial charge < -0.3 is 19.5 Å². The number of ether oxygens (including phenoxy) is 3. The number of nitrogens with one attached hydrogen (secondary N) is 1. The maximum absolute atomic E-state index is 11.4. The molecule has 0 saturated heterocycles. The summed E-state index contributed by atoms with van der Waals surface area (Å²) in [5.41, 5.74) is 1.96. The van der Waals surface area contributed by atoms with Crippen LogP contribution >= 0.6 is 0 Å². The summed E-state index contributed by atoms with van der Waals surface area (Å²) in [6.07, 6.45) is 5.72. The SMILES string of the molecule is CCOC(=O)CCCCCCOc1cc2c(NCc3ccccc3)ncnc2cc1OC. The monoisotopic (exact) mass is 437 g/mol. The number of unbranched alkanes of at least 4 members (excludes halogenated alkanes) is 3. The summed E-state index contributed by atoms with van der Waals surface area (Å²) < 4.78 is 16.5. The Kier molecular flexibility index (Phi) is 9.10. The molecule has 0 amide bonds. The summed E-state index contributed by atoms with van der Waals surface area (Å²) in [5, 5.41) is 4.27. The fourth-order valence-electron chi connectivity index (χ4n) is 3.40. The number of hydrogen-bond donors (Lipinski definition) is 1. The topological polar surface area (TPSA) is 82.6 Å². The summed E-state index contributed by atoms with van der Waals surface area (Å²) in [4.78, 5) is 20.2. The number of anilines is 1. The zero-order chi connectivity index (χ0) is 22.6. The molecule has 0 fully saturated rings. The second kappa shape index (κ2) is 12.5. The summed E-state index contributed by atoms with van der Waals surface area (Å²) in [5.74, 6) is 1.95. The van der Waals surface area contributed by atoms with Gasteiger partial charge in [0, 0.05) is 24.4 Å². The van der Waals surface area contributed by atoms with Crippen molar-refractivity contribution in [2.45, 2.75) is 45.6 Å². The first kappa shape index (κ1) is 23.3. The number of carbonyl (C=O) groups excluding carboxylic acids is 1. The lowest BCUT2D eigenvalue weighted by Gasteiger charge is -2.14. The first-order valence-electron chi connectivity index (χ1n) is 11.1. The number of methoxy groups -OCH3 is 1. The summed E-state index contributed by atoms with van der Waals surface area (Å²) >= 11 is 0. The number of nitrogens with zero attached hydrogens (tertiary/aromatic N) is 2. The highest BCUT2D eigenvalue weighted by atomic mass is 16.5. The first-order valence-corrected chi connectivity index (χ1v) is 11.1. The van der Waals surface area contributed by atoms with Gasteiger partial charge in [0.05, 0.1) is 25.8 Å². The van der Waals surface area contributed by atoms with E-state index >= 15 is 0 Å². The smallest absolute Gasteiger partial charge is 0.305 e. The van der Waals surface area contributed by atoms with Crippen molar-refractivity contribution in [1.29, 1.82) is 0 Å². The molecule has 0 aliphatic carbocycles. The Hall–Kier alpha value is -3.35. The van der Waals surface area contributed by atoms with Crippen molar-refractivity contribution in [1.82, 2.24) is 9.97 Å². The van der Waals surface area contributed by atoms with E-state index in [2.05, 4.69) is 27.4 Å². The molecule has 170 valence electrons. The van der Waals surface area contributed by atoms with Crippen molar-refractivity contribution in [3.8, 4) is 11.5 Å². The third kappa shape index (κ3) is 6.83. The number of fused-ring (bicyclic) bond motifs is 1. The van der Waals surface area contributed by atoms with E-state index in [1.165, 1.54) is 5.56 Å². The molecule has 0 atom stereocenters. The molecule has 32 heavy (non-hydrogen) atoms. The molecule has 0 spiro atoms. The van der Waals surface area contributed by atoms with Crippen LogP contribution in [0.1, 0.15) is 44.6 Å². The Morgan fingerprint density at radius 2 is 1.81 bits per heavy atom. The summed E-state index contributed by atoms with van der Waals surface area (Å²) in [6.45, 7) is 3.50. The average Bonchev–Trinajstić information content (AvgIpc) is 2.82. The Bertz CT molecular complexity index is 995. The van der Waals surface area contributed by atoms with Crippen LogP contribution in [0.5, 0.6) is 11.5 Å². The standard InChI is InChI=1S/C25H31N3O4/c1-3-31-24(29)13-9-4-5-10-14-32-23-15-20-21(16-22(23)30-2)27-18-28-25(20)26-17-19-11-7-6-8-12-19/h6-8,11-12,15-16,18H,3-5,9-10,13-14,17H2,1-2H3,(H,26,27,28). The van der Waals surface area contributed by atoms with Gasteiger partial charge in [0.2, 0.25) is 0 Å². The first-order chi connectivity index (χ1) is 15.7. The van der Waals surface area contributed by atoms with Gasteiger partial charge >= 0.3 is 5.97 Å². The van der Waals surface area contributed by atoms with Gasteiger partial charge in [-0.05, 0) is 31.4 Å². The second-order valence-electron chi connectivity index (χ2n) is 7.40. The Labute approximate surface area is 189 Å². The Balaban J connectivity index is 1.58. The molecule has 7 nitrogen and oxygen atoms in total. The third-order valence-corrected chi connectivity index (χ3v) is 5.06. The van der Waals surface area contributed by atoms with E-state index in [0.29, 0.717) is 37.7 Å². The highest BCUT2D eigenvalue weighted by Gasteiger charge is 2.12. The van der Waals surface area contributed by atoms with E-state index in [1.807, 2.05) is 37.3 Å². The molecule has 3 aromatic rings. The quantitative estimate of drug-likeness (QED) is 0.293. The largest absolute Gasteiger partial charge is 0.493 e. The predicted molar refractivity (Wildman–Crippen MR) is 125 cm³/mol. The molecule has 3 rings (SSSR count). The highest BCUT2D eigenvalue weighted by Crippen LogP contribution is 2.34. The zero-order valence-corrected chi connectivity index (χ0v) is 18.8. The van der Waals surface area contributed by atoms with Crippen LogP contribution in [0.2, 0.25) is 0 Å². The van der Waals surface area contributed by atoms with Crippen LogP contribution in [0, 0.1) is 0 Å². The van der Waals surface area contributed by atoms with Gasteiger partial charge in [-0.2, -0.15) is 0 Å². The van der Waals surface area contributed by atoms with Crippen molar-refractivity contribution in [3.63, 3.8) is 0 Å². The van der Waals surface area contributed by atoms with E-state index in [0.717, 1.165) is 42.4 Å². The molecule has 0 aliphatic heterocycles. The van der Waals surface area contributed by atoms with Crippen molar-refractivity contribution in [2.75, 3.05) is 25.6 Å². The van der Waals surface area contributed by atoms with Gasteiger partial charge in [-0.25, -0.2) is 9.97 Å². The molecule has 0 aliphatic rings. The zero-order valence-electron chi connectivity index (χ0n) is 18.8. The van der Waals surface area contributed by atoms with Crippen LogP contribution < -0.4 is 14.8 Å². The van der Waals surface area contributed by atoms with Gasteiger partial charge in [-0.15, -0.1) is 0 Å².